The molecule has 0 bridgehead atoms. The highest BCUT2D eigenvalue weighted by Crippen LogP contribution is 2.18. The molecule has 0 atom stereocenters. The Hall–Kier alpha value is -2.43. The summed E-state index contributed by atoms with van der Waals surface area (Å²) in [5.74, 6) is 2.97. The first-order chi connectivity index (χ1) is 15.2. The number of aromatic nitrogens is 4. The van der Waals surface area contributed by atoms with Crippen LogP contribution in [0.1, 0.15) is 37.7 Å². The molecule has 8 nitrogen and oxygen atoms in total. The molecule has 9 heteroatoms. The summed E-state index contributed by atoms with van der Waals surface area (Å²) >= 11 is 0. The number of aryl methyl sites for hydroxylation is 2. The first kappa shape index (κ1) is 24.2. The zero-order valence-electron chi connectivity index (χ0n) is 18.9. The van der Waals surface area contributed by atoms with Gasteiger partial charge >= 0.3 is 0 Å². The number of aliphatic imine (C=N–C) groups is 1. The van der Waals surface area contributed by atoms with Crippen LogP contribution in [0.15, 0.2) is 47.6 Å². The van der Waals surface area contributed by atoms with Crippen LogP contribution in [-0.2, 0) is 6.42 Å². The summed E-state index contributed by atoms with van der Waals surface area (Å²) in [6.07, 6.45) is 5.95. The number of hydrogen-bond donors (Lipinski definition) is 2. The second kappa shape index (κ2) is 12.0. The number of nitrogens with one attached hydrogen (secondary N) is 2. The number of nitrogens with zero attached hydrogens (tertiary/aromatic N) is 6. The van der Waals surface area contributed by atoms with E-state index in [-0.39, 0.29) is 24.0 Å². The van der Waals surface area contributed by atoms with Gasteiger partial charge in [0.05, 0.1) is 0 Å². The van der Waals surface area contributed by atoms with Crippen molar-refractivity contribution >= 4 is 41.4 Å². The van der Waals surface area contributed by atoms with Gasteiger partial charge in [0, 0.05) is 50.5 Å². The monoisotopic (exact) mass is 548 g/mol. The van der Waals surface area contributed by atoms with Crippen molar-refractivity contribution in [1.29, 1.82) is 0 Å². The lowest BCUT2D eigenvalue weighted by molar-refractivity contribution is 0.459. The molecule has 32 heavy (non-hydrogen) atoms. The van der Waals surface area contributed by atoms with Gasteiger partial charge in [0.25, 0.3) is 0 Å². The smallest absolute Gasteiger partial charge is 0.191 e. The number of halogens is 1. The van der Waals surface area contributed by atoms with E-state index in [0.717, 1.165) is 80.8 Å². The topological polar surface area (TPSA) is 82.7 Å². The Morgan fingerprint density at radius 3 is 2.75 bits per heavy atom. The highest BCUT2D eigenvalue weighted by Gasteiger charge is 2.21. The van der Waals surface area contributed by atoms with Crippen LogP contribution in [0, 0.1) is 6.92 Å². The molecule has 0 unspecified atom stereocenters. The van der Waals surface area contributed by atoms with Crippen molar-refractivity contribution in [3.05, 3.63) is 54.1 Å². The zero-order valence-corrected chi connectivity index (χ0v) is 21.2. The van der Waals surface area contributed by atoms with E-state index in [1.165, 1.54) is 0 Å². The minimum atomic E-state index is 0. The Balaban J connectivity index is 0.00000289. The third-order valence-electron chi connectivity index (χ3n) is 5.59. The van der Waals surface area contributed by atoms with E-state index >= 15 is 0 Å². The Kier molecular flexibility index (Phi) is 9.07. The number of rotatable bonds is 7. The Bertz CT molecular complexity index is 1010. The lowest BCUT2D eigenvalue weighted by Gasteiger charge is -2.34. The Morgan fingerprint density at radius 2 is 1.97 bits per heavy atom. The molecule has 3 aromatic heterocycles. The van der Waals surface area contributed by atoms with Crippen molar-refractivity contribution in [2.45, 2.75) is 45.6 Å². The predicted molar refractivity (Wildman–Crippen MR) is 140 cm³/mol. The summed E-state index contributed by atoms with van der Waals surface area (Å²) in [5.41, 5.74) is 1.96. The molecule has 0 saturated carbocycles. The number of fused-ring (bicyclic) bond motifs is 1. The third-order valence-corrected chi connectivity index (χ3v) is 5.59. The molecule has 0 spiro atoms. The van der Waals surface area contributed by atoms with Gasteiger partial charge in [-0.2, -0.15) is 0 Å². The van der Waals surface area contributed by atoms with E-state index in [0.29, 0.717) is 6.04 Å². The van der Waals surface area contributed by atoms with E-state index in [2.05, 4.69) is 49.8 Å². The van der Waals surface area contributed by atoms with Gasteiger partial charge in [0.15, 0.2) is 11.6 Å². The lowest BCUT2D eigenvalue weighted by Crippen LogP contribution is -2.49. The summed E-state index contributed by atoms with van der Waals surface area (Å²) < 4.78 is 2.05. The number of piperidine rings is 1. The molecule has 4 rings (SSSR count). The number of anilines is 1. The van der Waals surface area contributed by atoms with Crippen LogP contribution in [0.5, 0.6) is 0 Å². The largest absolute Gasteiger partial charge is 0.357 e. The van der Waals surface area contributed by atoms with Crippen molar-refractivity contribution in [1.82, 2.24) is 30.2 Å². The maximum atomic E-state index is 4.79. The summed E-state index contributed by atoms with van der Waals surface area (Å²) in [6, 6.07) is 12.6. The highest BCUT2D eigenvalue weighted by atomic mass is 127. The molecule has 0 amide bonds. The number of hydrogen-bond acceptors (Lipinski definition) is 5. The summed E-state index contributed by atoms with van der Waals surface area (Å²) in [4.78, 5) is 11.8. The third kappa shape index (κ3) is 6.30. The molecule has 1 aliphatic heterocycles. The molecule has 2 N–H and O–H groups in total. The maximum Gasteiger partial charge on any atom is 0.191 e. The van der Waals surface area contributed by atoms with Gasteiger partial charge in [-0.05, 0) is 57.4 Å². The molecular weight excluding hydrogens is 515 g/mol. The molecule has 172 valence electrons. The highest BCUT2D eigenvalue weighted by molar-refractivity contribution is 14.0. The van der Waals surface area contributed by atoms with Gasteiger partial charge in [-0.15, -0.1) is 34.2 Å². The summed E-state index contributed by atoms with van der Waals surface area (Å²) in [6.45, 7) is 7.77. The van der Waals surface area contributed by atoms with Crippen molar-refractivity contribution in [2.24, 2.45) is 4.99 Å². The fourth-order valence-corrected chi connectivity index (χ4v) is 3.96. The van der Waals surface area contributed by atoms with Crippen molar-refractivity contribution in [2.75, 3.05) is 31.1 Å². The lowest BCUT2D eigenvalue weighted by atomic mass is 10.1. The van der Waals surface area contributed by atoms with E-state index in [4.69, 9.17) is 4.99 Å². The molecule has 1 saturated heterocycles. The van der Waals surface area contributed by atoms with E-state index in [9.17, 15) is 0 Å². The van der Waals surface area contributed by atoms with Crippen LogP contribution < -0.4 is 15.5 Å². The number of guanidine groups is 1. The number of pyridine rings is 2. The SMILES string of the molecule is CCNC(=NCCCc1nnc2ccccn12)NC1CCN(c2cccc(C)n2)CC1.I. The van der Waals surface area contributed by atoms with Gasteiger partial charge in [-0.25, -0.2) is 4.98 Å². The molecule has 1 aliphatic rings. The molecule has 3 aromatic rings. The van der Waals surface area contributed by atoms with Gasteiger partial charge in [-0.1, -0.05) is 12.1 Å². The average Bonchev–Trinajstić information content (AvgIpc) is 3.20. The van der Waals surface area contributed by atoms with Crippen molar-refractivity contribution in [3.63, 3.8) is 0 Å². The van der Waals surface area contributed by atoms with E-state index < -0.39 is 0 Å². The van der Waals surface area contributed by atoms with Crippen LogP contribution in [0.4, 0.5) is 5.82 Å². The first-order valence-electron chi connectivity index (χ1n) is 11.2. The van der Waals surface area contributed by atoms with Gasteiger partial charge in [0.1, 0.15) is 11.6 Å². The fourth-order valence-electron chi connectivity index (χ4n) is 3.96. The molecule has 0 radical (unpaired) electrons. The maximum absolute atomic E-state index is 4.79. The quantitative estimate of drug-likeness (QED) is 0.204. The average molecular weight is 548 g/mol. The van der Waals surface area contributed by atoms with Crippen LogP contribution in [0.2, 0.25) is 0 Å². The fraction of sp³-hybridized carbons (Fsp3) is 0.478. The van der Waals surface area contributed by atoms with Crippen molar-refractivity contribution < 1.29 is 0 Å². The first-order valence-corrected chi connectivity index (χ1v) is 11.2. The van der Waals surface area contributed by atoms with Crippen LogP contribution >= 0.6 is 24.0 Å². The normalized spacial score (nSPS) is 14.9. The standard InChI is InChI=1S/C23H32N8.HI/c1-3-24-23(25-14-7-11-22-29-28-21-9-4-5-15-31(21)22)27-19-12-16-30(17-13-19)20-10-6-8-18(2)26-20;/h4-6,8-10,15,19H,3,7,11-14,16-17H2,1-2H3,(H2,24,25,27);1H. The molecular formula is C23H33IN8. The second-order valence-electron chi connectivity index (χ2n) is 7.95. The van der Waals surface area contributed by atoms with Crippen LogP contribution in [0.3, 0.4) is 0 Å². The molecule has 0 aliphatic carbocycles. The minimum absolute atomic E-state index is 0. The van der Waals surface area contributed by atoms with Gasteiger partial charge < -0.3 is 15.5 Å². The predicted octanol–water partition coefficient (Wildman–Crippen LogP) is 3.21. The Morgan fingerprint density at radius 1 is 1.12 bits per heavy atom. The zero-order chi connectivity index (χ0) is 21.5. The molecule has 4 heterocycles. The second-order valence-corrected chi connectivity index (χ2v) is 7.95. The summed E-state index contributed by atoms with van der Waals surface area (Å²) in [7, 11) is 0. The minimum Gasteiger partial charge on any atom is -0.357 e. The molecule has 1 fully saturated rings. The van der Waals surface area contributed by atoms with E-state index in [1.807, 2.05) is 41.8 Å². The van der Waals surface area contributed by atoms with E-state index in [1.54, 1.807) is 0 Å². The Labute approximate surface area is 207 Å². The van der Waals surface area contributed by atoms with Gasteiger partial charge in [-0.3, -0.25) is 9.39 Å². The van der Waals surface area contributed by atoms with Gasteiger partial charge in [0.2, 0.25) is 0 Å². The van der Waals surface area contributed by atoms with Crippen LogP contribution in [0.25, 0.3) is 5.65 Å². The summed E-state index contributed by atoms with van der Waals surface area (Å²) in [5, 5.41) is 15.5. The molecule has 0 aromatic carbocycles. The van der Waals surface area contributed by atoms with Crippen molar-refractivity contribution in [3.8, 4) is 0 Å². The van der Waals surface area contributed by atoms with Crippen LogP contribution in [-0.4, -0.2) is 57.8 Å².